The molecule has 0 spiro atoms. The summed E-state index contributed by atoms with van der Waals surface area (Å²) in [6.07, 6.45) is 0.0552. The van der Waals surface area contributed by atoms with Crippen LogP contribution in [-0.4, -0.2) is 82.1 Å². The second kappa shape index (κ2) is 7.50. The Bertz CT molecular complexity index is 853. The molecule has 0 bridgehead atoms. The maximum absolute atomic E-state index is 12.7. The number of piperazine rings is 1. The highest BCUT2D eigenvalue weighted by atomic mass is 19.4. The lowest BCUT2D eigenvalue weighted by Gasteiger charge is -2.42. The highest BCUT2D eigenvalue weighted by molar-refractivity contribution is 5.82. The van der Waals surface area contributed by atoms with Gasteiger partial charge in [0.15, 0.2) is 5.65 Å². The minimum absolute atomic E-state index is 0.177. The van der Waals surface area contributed by atoms with Gasteiger partial charge in [0.1, 0.15) is 17.9 Å². The summed E-state index contributed by atoms with van der Waals surface area (Å²) >= 11 is 0. The summed E-state index contributed by atoms with van der Waals surface area (Å²) < 4.78 is 38.1. The Balaban J connectivity index is 1.39. The van der Waals surface area contributed by atoms with E-state index in [1.54, 1.807) is 12.4 Å². The molecule has 2 aromatic rings. The Labute approximate surface area is 160 Å². The second-order valence-corrected chi connectivity index (χ2v) is 7.12. The number of hydrogen-bond donors (Lipinski definition) is 0. The number of aromatic nitrogens is 3. The lowest BCUT2D eigenvalue weighted by atomic mass is 10.0. The van der Waals surface area contributed by atoms with Crippen LogP contribution in [-0.2, 0) is 4.79 Å². The van der Waals surface area contributed by atoms with Crippen molar-refractivity contribution in [1.29, 1.82) is 0 Å². The maximum atomic E-state index is 12.7. The molecule has 0 aromatic carbocycles. The van der Waals surface area contributed by atoms with E-state index >= 15 is 0 Å². The Morgan fingerprint density at radius 3 is 2.54 bits per heavy atom. The summed E-state index contributed by atoms with van der Waals surface area (Å²) in [4.78, 5) is 30.6. The Morgan fingerprint density at radius 2 is 1.79 bits per heavy atom. The molecule has 7 nitrogen and oxygen atoms in total. The summed E-state index contributed by atoms with van der Waals surface area (Å²) in [7, 11) is 0. The van der Waals surface area contributed by atoms with Crippen molar-refractivity contribution in [2.24, 2.45) is 0 Å². The van der Waals surface area contributed by atoms with Crippen LogP contribution in [0.2, 0.25) is 0 Å². The monoisotopic (exact) mass is 394 g/mol. The first kappa shape index (κ1) is 18.9. The average molecular weight is 394 g/mol. The van der Waals surface area contributed by atoms with E-state index in [9.17, 15) is 18.0 Å². The number of pyridine rings is 1. The molecule has 1 atom stereocenters. The van der Waals surface area contributed by atoms with Gasteiger partial charge < -0.3 is 9.80 Å². The van der Waals surface area contributed by atoms with Crippen molar-refractivity contribution < 1.29 is 18.0 Å². The van der Waals surface area contributed by atoms with Gasteiger partial charge in [-0.15, -0.1) is 0 Å². The van der Waals surface area contributed by atoms with E-state index in [-0.39, 0.29) is 6.54 Å². The van der Waals surface area contributed by atoms with Crippen molar-refractivity contribution in [3.8, 4) is 0 Å². The fourth-order valence-electron chi connectivity index (χ4n) is 3.92. The molecule has 1 amide bonds. The first-order valence-electron chi connectivity index (χ1n) is 9.33. The van der Waals surface area contributed by atoms with Crippen LogP contribution >= 0.6 is 0 Å². The number of anilines is 1. The van der Waals surface area contributed by atoms with Gasteiger partial charge in [-0.2, -0.15) is 13.2 Å². The molecule has 2 fully saturated rings. The predicted octanol–water partition coefficient (Wildman–Crippen LogP) is 1.70. The number of fused-ring (bicyclic) bond motifs is 1. The molecule has 150 valence electrons. The third-order valence-corrected chi connectivity index (χ3v) is 5.27. The third kappa shape index (κ3) is 4.01. The minimum Gasteiger partial charge on any atom is -0.354 e. The van der Waals surface area contributed by atoms with E-state index in [0.717, 1.165) is 16.2 Å². The maximum Gasteiger partial charge on any atom is 0.406 e. The number of rotatable bonds is 3. The topological polar surface area (TPSA) is 65.5 Å². The molecule has 28 heavy (non-hydrogen) atoms. The van der Waals surface area contributed by atoms with Gasteiger partial charge in [0, 0.05) is 45.1 Å². The first-order chi connectivity index (χ1) is 13.4. The van der Waals surface area contributed by atoms with E-state index in [1.807, 2.05) is 17.0 Å². The number of alkyl halides is 3. The standard InChI is InChI=1S/C18H21F3N6O/c19-18(20,21)12-27-7-1-2-14(17(27)28)25-8-10-26(11-9-25)15-4-3-13-16(24-15)23-6-5-22-13/h3-6,14H,1-2,7-12H2. The average Bonchev–Trinajstić information content (AvgIpc) is 2.68. The number of carbonyl (C=O) groups is 1. The van der Waals surface area contributed by atoms with E-state index in [2.05, 4.69) is 19.9 Å². The van der Waals surface area contributed by atoms with Gasteiger partial charge in [0.05, 0.1) is 6.04 Å². The molecular weight excluding hydrogens is 373 g/mol. The largest absolute Gasteiger partial charge is 0.406 e. The molecule has 4 rings (SSSR count). The Morgan fingerprint density at radius 1 is 1.04 bits per heavy atom. The van der Waals surface area contributed by atoms with Crippen molar-refractivity contribution >= 4 is 22.9 Å². The molecule has 2 saturated heterocycles. The number of halogens is 3. The van der Waals surface area contributed by atoms with E-state index in [0.29, 0.717) is 44.7 Å². The molecule has 2 aromatic heterocycles. The highest BCUT2D eigenvalue weighted by Crippen LogP contribution is 2.24. The van der Waals surface area contributed by atoms with Crippen LogP contribution in [0.15, 0.2) is 24.5 Å². The SMILES string of the molecule is O=C1C(N2CCN(c3ccc4nccnc4n3)CC2)CCCN1CC(F)(F)F. The summed E-state index contributed by atoms with van der Waals surface area (Å²) in [5.74, 6) is 0.387. The molecule has 0 saturated carbocycles. The number of carbonyl (C=O) groups excluding carboxylic acids is 1. The van der Waals surface area contributed by atoms with Gasteiger partial charge in [-0.25, -0.2) is 9.97 Å². The van der Waals surface area contributed by atoms with Crippen molar-refractivity contribution in [1.82, 2.24) is 24.8 Å². The van der Waals surface area contributed by atoms with Crippen LogP contribution in [0.1, 0.15) is 12.8 Å². The number of piperidine rings is 1. The van der Waals surface area contributed by atoms with Crippen molar-refractivity contribution in [2.45, 2.75) is 25.1 Å². The van der Waals surface area contributed by atoms with Crippen LogP contribution in [0.5, 0.6) is 0 Å². The zero-order valence-electron chi connectivity index (χ0n) is 15.3. The van der Waals surface area contributed by atoms with E-state index < -0.39 is 24.7 Å². The first-order valence-corrected chi connectivity index (χ1v) is 9.33. The molecule has 1 unspecified atom stereocenters. The Hall–Kier alpha value is -2.49. The van der Waals surface area contributed by atoms with Gasteiger partial charge in [0.2, 0.25) is 5.91 Å². The van der Waals surface area contributed by atoms with Gasteiger partial charge in [0.25, 0.3) is 0 Å². The molecule has 0 radical (unpaired) electrons. The fraction of sp³-hybridized carbons (Fsp3) is 0.556. The summed E-state index contributed by atoms with van der Waals surface area (Å²) in [6, 6.07) is 3.30. The molecule has 0 aliphatic carbocycles. The lowest BCUT2D eigenvalue weighted by Crippen LogP contribution is -2.58. The molecule has 2 aliphatic rings. The number of nitrogens with zero attached hydrogens (tertiary/aromatic N) is 6. The summed E-state index contributed by atoms with van der Waals surface area (Å²) in [6.45, 7) is 1.54. The lowest BCUT2D eigenvalue weighted by molar-refractivity contribution is -0.167. The predicted molar refractivity (Wildman–Crippen MR) is 96.8 cm³/mol. The van der Waals surface area contributed by atoms with Crippen molar-refractivity contribution in [3.63, 3.8) is 0 Å². The van der Waals surface area contributed by atoms with Gasteiger partial charge in [-0.3, -0.25) is 14.7 Å². The fourth-order valence-corrected chi connectivity index (χ4v) is 3.92. The summed E-state index contributed by atoms with van der Waals surface area (Å²) in [5, 5.41) is 0. The number of amides is 1. The van der Waals surface area contributed by atoms with Crippen LogP contribution in [0.3, 0.4) is 0 Å². The van der Waals surface area contributed by atoms with Crippen molar-refractivity contribution in [2.75, 3.05) is 44.2 Å². The second-order valence-electron chi connectivity index (χ2n) is 7.12. The van der Waals surface area contributed by atoms with Crippen LogP contribution in [0.4, 0.5) is 19.0 Å². The quantitative estimate of drug-likeness (QED) is 0.790. The number of likely N-dealkylation sites (tertiary alicyclic amines) is 1. The highest BCUT2D eigenvalue weighted by Gasteiger charge is 2.40. The molecule has 2 aliphatic heterocycles. The van der Waals surface area contributed by atoms with Gasteiger partial charge >= 0.3 is 6.18 Å². The number of hydrogen-bond acceptors (Lipinski definition) is 6. The van der Waals surface area contributed by atoms with Crippen LogP contribution < -0.4 is 4.90 Å². The molecule has 10 heteroatoms. The van der Waals surface area contributed by atoms with Crippen molar-refractivity contribution in [3.05, 3.63) is 24.5 Å². The van der Waals surface area contributed by atoms with Gasteiger partial charge in [-0.05, 0) is 25.0 Å². The zero-order chi connectivity index (χ0) is 19.7. The third-order valence-electron chi connectivity index (χ3n) is 5.27. The van der Waals surface area contributed by atoms with Crippen LogP contribution in [0, 0.1) is 0 Å². The van der Waals surface area contributed by atoms with Crippen LogP contribution in [0.25, 0.3) is 11.2 Å². The molecule has 0 N–H and O–H groups in total. The van der Waals surface area contributed by atoms with E-state index in [4.69, 9.17) is 0 Å². The smallest absolute Gasteiger partial charge is 0.354 e. The Kier molecular flexibility index (Phi) is 5.05. The van der Waals surface area contributed by atoms with E-state index in [1.165, 1.54) is 0 Å². The normalized spacial score (nSPS) is 22.1. The molecule has 4 heterocycles. The molecular formula is C18H21F3N6O. The zero-order valence-corrected chi connectivity index (χ0v) is 15.3. The summed E-state index contributed by atoms with van der Waals surface area (Å²) in [5.41, 5.74) is 1.30. The minimum atomic E-state index is -4.36. The van der Waals surface area contributed by atoms with Gasteiger partial charge in [-0.1, -0.05) is 0 Å².